The van der Waals surface area contributed by atoms with Crippen molar-refractivity contribution in [1.29, 1.82) is 0 Å². The van der Waals surface area contributed by atoms with Gasteiger partial charge < -0.3 is 18.8 Å². The number of carbonyl (C=O) groups excluding carboxylic acids is 2. The van der Waals surface area contributed by atoms with Crippen LogP contribution in [-0.2, 0) is 9.53 Å². The number of allylic oxidation sites excluding steroid dienone is 1. The Balaban J connectivity index is 1.56. The molecular weight excluding hydrogens is 638 g/mol. The van der Waals surface area contributed by atoms with E-state index >= 15 is 0 Å². The van der Waals surface area contributed by atoms with Crippen molar-refractivity contribution < 1.29 is 23.5 Å². The van der Waals surface area contributed by atoms with Gasteiger partial charge in [-0.15, -0.1) is 0 Å². The summed E-state index contributed by atoms with van der Waals surface area (Å²) in [5.41, 5.74) is 2.08. The molecule has 240 valence electrons. The van der Waals surface area contributed by atoms with Gasteiger partial charge in [0.05, 0.1) is 35.6 Å². The van der Waals surface area contributed by atoms with Crippen LogP contribution in [0.4, 0.5) is 0 Å². The predicted molar refractivity (Wildman–Crippen MR) is 183 cm³/mol. The first kappa shape index (κ1) is 32.0. The zero-order valence-corrected chi connectivity index (χ0v) is 28.1. The summed E-state index contributed by atoms with van der Waals surface area (Å²) >= 11 is 7.45. The van der Waals surface area contributed by atoms with Crippen molar-refractivity contribution in [3.63, 3.8) is 0 Å². The number of benzene rings is 3. The molecule has 6 rings (SSSR count). The van der Waals surface area contributed by atoms with E-state index in [0.29, 0.717) is 72.7 Å². The van der Waals surface area contributed by atoms with Crippen LogP contribution in [0.1, 0.15) is 48.5 Å². The molecule has 0 saturated carbocycles. The number of carbonyl (C=O) groups is 2. The minimum absolute atomic E-state index is 0.191. The van der Waals surface area contributed by atoms with Crippen LogP contribution in [0.2, 0.25) is 5.02 Å². The standard InChI is InChI=1S/C36H32ClN3O6S/c1-6-39(7-2)34(42)30-20(3)38-36-40(32(30)31-24-11-9-8-10-21(24)12-16-28(31)44-4)33(41)29(47-36)19-23-14-17-27(46-23)26-18-22(37)13-15-25(26)35(43)45-5/h8-19,32H,6-7H2,1-5H3/b29-19-/t32-/m1/s1. The Morgan fingerprint density at radius 3 is 2.55 bits per heavy atom. The smallest absolute Gasteiger partial charge is 0.338 e. The lowest BCUT2D eigenvalue weighted by Crippen LogP contribution is -2.43. The quantitative estimate of drug-likeness (QED) is 0.189. The summed E-state index contributed by atoms with van der Waals surface area (Å²) in [4.78, 5) is 48.0. The monoisotopic (exact) mass is 669 g/mol. The highest BCUT2D eigenvalue weighted by molar-refractivity contribution is 7.07. The number of halogens is 1. The summed E-state index contributed by atoms with van der Waals surface area (Å²) in [5, 5.41) is 2.24. The molecule has 0 unspecified atom stereocenters. The van der Waals surface area contributed by atoms with Crippen molar-refractivity contribution in [3.05, 3.63) is 120 Å². The molecule has 2 aromatic heterocycles. The normalized spacial score (nSPS) is 14.6. The average molecular weight is 670 g/mol. The van der Waals surface area contributed by atoms with Crippen molar-refractivity contribution in [2.45, 2.75) is 26.8 Å². The van der Waals surface area contributed by atoms with Crippen LogP contribution in [0.25, 0.3) is 28.2 Å². The molecule has 0 aliphatic carbocycles. The maximum atomic E-state index is 14.4. The van der Waals surface area contributed by atoms with Gasteiger partial charge in [-0.05, 0) is 67.9 Å². The Morgan fingerprint density at radius 2 is 1.83 bits per heavy atom. The third kappa shape index (κ3) is 5.68. The molecule has 1 atom stereocenters. The van der Waals surface area contributed by atoms with Crippen molar-refractivity contribution in [2.24, 2.45) is 4.99 Å². The second kappa shape index (κ2) is 13.1. The minimum Gasteiger partial charge on any atom is -0.496 e. The zero-order valence-electron chi connectivity index (χ0n) is 26.5. The number of likely N-dealkylation sites (N-methyl/N-ethyl adjacent to an activating group) is 1. The fourth-order valence-corrected chi connectivity index (χ4v) is 7.20. The number of hydrogen-bond acceptors (Lipinski definition) is 8. The lowest BCUT2D eigenvalue weighted by Gasteiger charge is -2.30. The Morgan fingerprint density at radius 1 is 1.06 bits per heavy atom. The average Bonchev–Trinajstić information content (AvgIpc) is 3.67. The largest absolute Gasteiger partial charge is 0.496 e. The summed E-state index contributed by atoms with van der Waals surface area (Å²) in [6, 6.07) is 19.1. The molecule has 0 N–H and O–H groups in total. The van der Waals surface area contributed by atoms with Crippen LogP contribution in [0, 0.1) is 0 Å². The van der Waals surface area contributed by atoms with Gasteiger partial charge in [-0.2, -0.15) is 0 Å². The Hall–Kier alpha value is -4.93. The zero-order chi connectivity index (χ0) is 33.4. The molecule has 0 saturated heterocycles. The van der Waals surface area contributed by atoms with Gasteiger partial charge in [0.25, 0.3) is 11.5 Å². The summed E-state index contributed by atoms with van der Waals surface area (Å²) in [6.07, 6.45) is 1.64. The number of esters is 1. The molecule has 5 aromatic rings. The lowest BCUT2D eigenvalue weighted by molar-refractivity contribution is -0.127. The first-order valence-electron chi connectivity index (χ1n) is 15.1. The minimum atomic E-state index is -0.802. The number of fused-ring (bicyclic) bond motifs is 2. The topological polar surface area (TPSA) is 103 Å². The third-order valence-electron chi connectivity index (χ3n) is 8.28. The highest BCUT2D eigenvalue weighted by Gasteiger charge is 2.36. The molecule has 0 spiro atoms. The number of nitrogens with zero attached hydrogens (tertiary/aromatic N) is 3. The number of ether oxygens (including phenoxy) is 2. The van der Waals surface area contributed by atoms with Crippen molar-refractivity contribution in [3.8, 4) is 17.1 Å². The SMILES string of the molecule is CCN(CC)C(=O)C1=C(C)N=c2s/c(=C\c3ccc(-c4cc(Cl)ccc4C(=O)OC)o3)c(=O)n2[C@H]1c1c(OC)ccc2ccccc12. The number of hydrogen-bond donors (Lipinski definition) is 0. The molecule has 3 heterocycles. The Labute approximate surface area is 279 Å². The summed E-state index contributed by atoms with van der Waals surface area (Å²) in [5.74, 6) is 0.603. The predicted octanol–water partition coefficient (Wildman–Crippen LogP) is 5.97. The Kier molecular flexibility index (Phi) is 8.90. The van der Waals surface area contributed by atoms with E-state index in [2.05, 4.69) is 0 Å². The Bertz CT molecular complexity index is 2260. The summed E-state index contributed by atoms with van der Waals surface area (Å²) < 4.78 is 18.9. The van der Waals surface area contributed by atoms with Gasteiger partial charge in [0.15, 0.2) is 4.80 Å². The molecule has 11 heteroatoms. The van der Waals surface area contributed by atoms with Gasteiger partial charge in [-0.25, -0.2) is 9.79 Å². The van der Waals surface area contributed by atoms with Gasteiger partial charge in [0.2, 0.25) is 0 Å². The number of methoxy groups -OCH3 is 2. The molecule has 1 amide bonds. The molecule has 9 nitrogen and oxygen atoms in total. The van der Waals surface area contributed by atoms with Crippen molar-refractivity contribution in [1.82, 2.24) is 9.47 Å². The molecule has 0 fully saturated rings. The number of amides is 1. The van der Waals surface area contributed by atoms with Gasteiger partial charge in [-0.1, -0.05) is 53.3 Å². The number of aromatic nitrogens is 1. The van der Waals surface area contributed by atoms with Gasteiger partial charge in [-0.3, -0.25) is 14.2 Å². The van der Waals surface area contributed by atoms with Crippen LogP contribution in [0.15, 0.2) is 92.2 Å². The molecular formula is C36H32ClN3O6S. The van der Waals surface area contributed by atoms with E-state index in [9.17, 15) is 14.4 Å². The first-order valence-corrected chi connectivity index (χ1v) is 16.3. The van der Waals surface area contributed by atoms with Crippen LogP contribution >= 0.6 is 22.9 Å². The van der Waals surface area contributed by atoms with E-state index in [-0.39, 0.29) is 11.5 Å². The number of rotatable bonds is 8. The van der Waals surface area contributed by atoms with Crippen LogP contribution in [-0.4, -0.2) is 48.7 Å². The molecule has 47 heavy (non-hydrogen) atoms. The van der Waals surface area contributed by atoms with Crippen molar-refractivity contribution in [2.75, 3.05) is 27.3 Å². The molecule has 0 bridgehead atoms. The van der Waals surface area contributed by atoms with E-state index in [1.54, 1.807) is 59.9 Å². The second-order valence-electron chi connectivity index (χ2n) is 10.8. The molecule has 1 aliphatic heterocycles. The van der Waals surface area contributed by atoms with Crippen molar-refractivity contribution >= 4 is 51.7 Å². The number of thiazole rings is 1. The summed E-state index contributed by atoms with van der Waals surface area (Å²) in [7, 11) is 2.89. The third-order valence-corrected chi connectivity index (χ3v) is 9.50. The van der Waals surface area contributed by atoms with Crippen LogP contribution < -0.4 is 19.6 Å². The van der Waals surface area contributed by atoms with Crippen LogP contribution in [0.3, 0.4) is 0 Å². The fraction of sp³-hybridized carbons (Fsp3) is 0.222. The van der Waals surface area contributed by atoms with Gasteiger partial charge in [0.1, 0.15) is 23.3 Å². The first-order chi connectivity index (χ1) is 22.7. The van der Waals surface area contributed by atoms with Crippen LogP contribution in [0.5, 0.6) is 5.75 Å². The highest BCUT2D eigenvalue weighted by Crippen LogP contribution is 2.40. The second-order valence-corrected chi connectivity index (χ2v) is 12.3. The van der Waals surface area contributed by atoms with E-state index in [1.807, 2.05) is 50.2 Å². The lowest BCUT2D eigenvalue weighted by atomic mass is 9.90. The van der Waals surface area contributed by atoms with E-state index in [4.69, 9.17) is 30.5 Å². The fourth-order valence-electron chi connectivity index (χ4n) is 6.00. The van der Waals surface area contributed by atoms with E-state index in [0.717, 1.165) is 10.8 Å². The van der Waals surface area contributed by atoms with E-state index in [1.165, 1.54) is 18.4 Å². The summed E-state index contributed by atoms with van der Waals surface area (Å²) in [6.45, 7) is 6.66. The molecule has 3 aromatic carbocycles. The maximum Gasteiger partial charge on any atom is 0.338 e. The molecule has 1 aliphatic rings. The number of furan rings is 1. The molecule has 0 radical (unpaired) electrons. The van der Waals surface area contributed by atoms with Gasteiger partial charge in [0, 0.05) is 35.3 Å². The highest BCUT2D eigenvalue weighted by atomic mass is 35.5. The maximum absolute atomic E-state index is 14.4. The van der Waals surface area contributed by atoms with E-state index < -0.39 is 12.0 Å². The van der Waals surface area contributed by atoms with Gasteiger partial charge >= 0.3 is 5.97 Å².